The SMILES string of the molecule is N=C1/C(=C/c2cccn2-c2cccc([N+](=O)[O-])c2)C(=O)N=C2SC=CN12. The Morgan fingerprint density at radius 3 is 2.92 bits per heavy atom. The van der Waals surface area contributed by atoms with Gasteiger partial charge >= 0.3 is 0 Å². The lowest BCUT2D eigenvalue weighted by Crippen LogP contribution is -2.35. The molecule has 3 heterocycles. The summed E-state index contributed by atoms with van der Waals surface area (Å²) < 4.78 is 1.72. The van der Waals surface area contributed by atoms with Gasteiger partial charge in [0.25, 0.3) is 11.6 Å². The molecule has 1 aromatic carbocycles. The first kappa shape index (κ1) is 16.0. The Morgan fingerprint density at radius 2 is 2.12 bits per heavy atom. The molecule has 0 fully saturated rings. The molecule has 1 N–H and O–H groups in total. The molecule has 0 atom stereocenters. The number of carbonyl (C=O) groups is 1. The zero-order valence-electron chi connectivity index (χ0n) is 13.2. The summed E-state index contributed by atoms with van der Waals surface area (Å²) in [5.41, 5.74) is 1.34. The predicted octanol–water partition coefficient (Wildman–Crippen LogP) is 3.16. The number of nitro benzene ring substituents is 1. The normalized spacial score (nSPS) is 17.6. The molecule has 0 spiro atoms. The quantitative estimate of drug-likeness (QED) is 0.511. The Morgan fingerprint density at radius 1 is 1.27 bits per heavy atom. The fourth-order valence-electron chi connectivity index (χ4n) is 2.68. The summed E-state index contributed by atoms with van der Waals surface area (Å²) in [7, 11) is 0. The van der Waals surface area contributed by atoms with Gasteiger partial charge in [0.15, 0.2) is 5.17 Å². The molecule has 0 saturated carbocycles. The van der Waals surface area contributed by atoms with Crippen molar-refractivity contribution in [2.75, 3.05) is 0 Å². The maximum absolute atomic E-state index is 12.3. The molecule has 9 heteroatoms. The van der Waals surface area contributed by atoms with E-state index in [1.165, 1.54) is 23.9 Å². The van der Waals surface area contributed by atoms with Gasteiger partial charge in [-0.05, 0) is 29.7 Å². The minimum atomic E-state index is -0.482. The molecule has 2 aliphatic heterocycles. The molecule has 4 rings (SSSR count). The second kappa shape index (κ2) is 6.12. The van der Waals surface area contributed by atoms with Crippen molar-refractivity contribution in [2.45, 2.75) is 0 Å². The number of fused-ring (bicyclic) bond motifs is 1. The summed E-state index contributed by atoms with van der Waals surface area (Å²) in [5.74, 6) is -0.433. The van der Waals surface area contributed by atoms with Crippen LogP contribution in [0.4, 0.5) is 5.69 Å². The van der Waals surface area contributed by atoms with Gasteiger partial charge in [-0.15, -0.1) is 0 Å². The van der Waals surface area contributed by atoms with E-state index in [2.05, 4.69) is 4.99 Å². The third-order valence-electron chi connectivity index (χ3n) is 3.90. The molecule has 1 amide bonds. The van der Waals surface area contributed by atoms with Crippen LogP contribution >= 0.6 is 11.8 Å². The first-order chi connectivity index (χ1) is 12.5. The average Bonchev–Trinajstić information content (AvgIpc) is 3.27. The van der Waals surface area contributed by atoms with Gasteiger partial charge in [-0.2, -0.15) is 4.99 Å². The minimum absolute atomic E-state index is 0.0234. The number of aliphatic imine (C=N–C) groups is 1. The summed E-state index contributed by atoms with van der Waals surface area (Å²) in [6.45, 7) is 0. The topological polar surface area (TPSA) is 105 Å². The van der Waals surface area contributed by atoms with Crippen LogP contribution in [0.1, 0.15) is 5.69 Å². The summed E-state index contributed by atoms with van der Waals surface area (Å²) in [4.78, 5) is 28.4. The molecular formula is C17H11N5O3S. The number of amidine groups is 2. The lowest BCUT2D eigenvalue weighted by molar-refractivity contribution is -0.384. The predicted molar refractivity (Wildman–Crippen MR) is 99.1 cm³/mol. The molecule has 26 heavy (non-hydrogen) atoms. The third-order valence-corrected chi connectivity index (χ3v) is 4.66. The molecular weight excluding hydrogens is 354 g/mol. The smallest absolute Gasteiger partial charge is 0.283 e. The van der Waals surface area contributed by atoms with E-state index in [1.807, 2.05) is 0 Å². The lowest BCUT2D eigenvalue weighted by Gasteiger charge is -2.22. The minimum Gasteiger partial charge on any atom is -0.317 e. The van der Waals surface area contributed by atoms with Crippen LogP contribution in [0.3, 0.4) is 0 Å². The molecule has 2 aromatic rings. The fraction of sp³-hybridized carbons (Fsp3) is 0. The van der Waals surface area contributed by atoms with Gasteiger partial charge in [-0.1, -0.05) is 17.8 Å². The number of benzene rings is 1. The van der Waals surface area contributed by atoms with Crippen LogP contribution < -0.4 is 0 Å². The van der Waals surface area contributed by atoms with Crippen LogP contribution in [0.25, 0.3) is 11.8 Å². The number of nitrogens with one attached hydrogen (secondary N) is 1. The van der Waals surface area contributed by atoms with E-state index in [9.17, 15) is 14.9 Å². The number of hydrogen-bond acceptors (Lipinski definition) is 5. The zero-order chi connectivity index (χ0) is 18.3. The van der Waals surface area contributed by atoms with E-state index < -0.39 is 10.8 Å². The number of amides is 1. The highest BCUT2D eigenvalue weighted by Crippen LogP contribution is 2.28. The van der Waals surface area contributed by atoms with Crippen molar-refractivity contribution in [1.29, 1.82) is 5.41 Å². The Bertz CT molecular complexity index is 1050. The molecule has 0 unspecified atom stereocenters. The van der Waals surface area contributed by atoms with Crippen molar-refractivity contribution >= 4 is 40.4 Å². The van der Waals surface area contributed by atoms with Crippen molar-refractivity contribution in [3.05, 3.63) is 75.6 Å². The third kappa shape index (κ3) is 2.64. The van der Waals surface area contributed by atoms with Crippen LogP contribution in [0.2, 0.25) is 0 Å². The lowest BCUT2D eigenvalue weighted by atomic mass is 10.1. The van der Waals surface area contributed by atoms with Crippen LogP contribution in [0, 0.1) is 15.5 Å². The highest BCUT2D eigenvalue weighted by molar-refractivity contribution is 8.16. The van der Waals surface area contributed by atoms with E-state index >= 15 is 0 Å². The number of aromatic nitrogens is 1. The second-order valence-corrected chi connectivity index (χ2v) is 6.33. The monoisotopic (exact) mass is 365 g/mol. The highest BCUT2D eigenvalue weighted by Gasteiger charge is 2.31. The molecule has 0 radical (unpaired) electrons. The van der Waals surface area contributed by atoms with Crippen molar-refractivity contribution in [3.8, 4) is 5.69 Å². The van der Waals surface area contributed by atoms with Crippen LogP contribution in [0.15, 0.2) is 64.8 Å². The van der Waals surface area contributed by atoms with Crippen molar-refractivity contribution < 1.29 is 9.72 Å². The van der Waals surface area contributed by atoms with E-state index in [1.54, 1.807) is 57.6 Å². The highest BCUT2D eigenvalue weighted by atomic mass is 32.2. The van der Waals surface area contributed by atoms with Gasteiger partial charge in [0.05, 0.1) is 16.2 Å². The molecule has 2 aliphatic rings. The zero-order valence-corrected chi connectivity index (χ0v) is 14.0. The number of non-ortho nitro benzene ring substituents is 1. The standard InChI is InChI=1S/C17H11N5O3S/c18-15-14(16(23)19-17-21(15)7-8-26-17)10-12-5-2-6-20(12)11-3-1-4-13(9-11)22(24)25/h1-10,18H/b14-10-,18-15?. The Kier molecular flexibility index (Phi) is 3.77. The summed E-state index contributed by atoms with van der Waals surface area (Å²) >= 11 is 1.29. The maximum Gasteiger partial charge on any atom is 0.283 e. The van der Waals surface area contributed by atoms with Gasteiger partial charge in [0.2, 0.25) is 0 Å². The summed E-state index contributed by atoms with van der Waals surface area (Å²) in [5, 5.41) is 21.5. The second-order valence-electron chi connectivity index (χ2n) is 5.46. The average molecular weight is 365 g/mol. The van der Waals surface area contributed by atoms with Crippen LogP contribution in [-0.4, -0.2) is 31.3 Å². The molecule has 8 nitrogen and oxygen atoms in total. The van der Waals surface area contributed by atoms with Crippen LogP contribution in [-0.2, 0) is 4.79 Å². The first-order valence-electron chi connectivity index (χ1n) is 7.53. The van der Waals surface area contributed by atoms with Crippen LogP contribution in [0.5, 0.6) is 0 Å². The van der Waals surface area contributed by atoms with Crippen molar-refractivity contribution in [2.24, 2.45) is 4.99 Å². The molecule has 0 bridgehead atoms. The number of hydrogen-bond donors (Lipinski definition) is 1. The number of nitrogens with zero attached hydrogens (tertiary/aromatic N) is 4. The molecule has 0 aliphatic carbocycles. The van der Waals surface area contributed by atoms with Gasteiger partial charge in [0, 0.05) is 30.2 Å². The largest absolute Gasteiger partial charge is 0.317 e. The summed E-state index contributed by atoms with van der Waals surface area (Å²) in [6, 6.07) is 9.73. The van der Waals surface area contributed by atoms with Gasteiger partial charge in [-0.25, -0.2) is 0 Å². The van der Waals surface area contributed by atoms with E-state index in [4.69, 9.17) is 5.41 Å². The molecule has 0 saturated heterocycles. The summed E-state index contributed by atoms with van der Waals surface area (Å²) in [6.07, 6.45) is 5.00. The van der Waals surface area contributed by atoms with E-state index in [-0.39, 0.29) is 17.1 Å². The number of rotatable bonds is 3. The molecule has 128 valence electrons. The van der Waals surface area contributed by atoms with Crippen molar-refractivity contribution in [1.82, 2.24) is 9.47 Å². The van der Waals surface area contributed by atoms with E-state index in [0.717, 1.165) is 0 Å². The Balaban J connectivity index is 1.76. The fourth-order valence-corrected chi connectivity index (χ4v) is 3.39. The number of nitro groups is 1. The number of thioether (sulfide) groups is 1. The number of carbonyl (C=O) groups excluding carboxylic acids is 1. The van der Waals surface area contributed by atoms with Gasteiger partial charge in [0.1, 0.15) is 5.84 Å². The molecule has 1 aromatic heterocycles. The van der Waals surface area contributed by atoms with Crippen molar-refractivity contribution in [3.63, 3.8) is 0 Å². The Labute approximate surface area is 151 Å². The first-order valence-corrected chi connectivity index (χ1v) is 8.41. The van der Waals surface area contributed by atoms with E-state index in [0.29, 0.717) is 16.5 Å². The van der Waals surface area contributed by atoms with Gasteiger partial charge in [-0.3, -0.25) is 25.2 Å². The maximum atomic E-state index is 12.3. The Hall–Kier alpha value is -3.46. The van der Waals surface area contributed by atoms with Gasteiger partial charge < -0.3 is 4.57 Å².